The number of hydrogen-bond acceptors (Lipinski definition) is 3. The molecule has 30 heavy (non-hydrogen) atoms. The second-order valence-electron chi connectivity index (χ2n) is 6.52. The number of aliphatic carboxylic acids is 1. The maximum atomic E-state index is 10.6. The van der Waals surface area contributed by atoms with Gasteiger partial charge in [-0.1, -0.05) is 60.4 Å². The molecule has 0 heterocycles. The topological polar surface area (TPSA) is 55.8 Å². The fourth-order valence-electron chi connectivity index (χ4n) is 2.75. The van der Waals surface area contributed by atoms with Gasteiger partial charge in [0.25, 0.3) is 0 Å². The SMILES string of the molecule is Cc1cc(OCC=C(C#Cc2ccccc2)c2ccccc2)ccc1OCC(=O)O. The summed E-state index contributed by atoms with van der Waals surface area (Å²) in [5.74, 6) is 6.63. The monoisotopic (exact) mass is 398 g/mol. The van der Waals surface area contributed by atoms with Crippen molar-refractivity contribution in [2.75, 3.05) is 13.2 Å². The Hall–Kier alpha value is -3.97. The van der Waals surface area contributed by atoms with E-state index < -0.39 is 5.97 Å². The van der Waals surface area contributed by atoms with Crippen molar-refractivity contribution < 1.29 is 19.4 Å². The lowest BCUT2D eigenvalue weighted by molar-refractivity contribution is -0.139. The van der Waals surface area contributed by atoms with Crippen molar-refractivity contribution in [1.82, 2.24) is 0 Å². The summed E-state index contributed by atoms with van der Waals surface area (Å²) in [6.45, 7) is 1.83. The van der Waals surface area contributed by atoms with Crippen LogP contribution in [0.1, 0.15) is 16.7 Å². The molecule has 0 radical (unpaired) electrons. The van der Waals surface area contributed by atoms with E-state index in [1.807, 2.05) is 79.7 Å². The highest BCUT2D eigenvalue weighted by Crippen LogP contribution is 2.23. The first-order valence-corrected chi connectivity index (χ1v) is 9.52. The van der Waals surface area contributed by atoms with Gasteiger partial charge in [-0.15, -0.1) is 0 Å². The first-order valence-electron chi connectivity index (χ1n) is 9.52. The molecular formula is C26H22O4. The van der Waals surface area contributed by atoms with Gasteiger partial charge in [-0.2, -0.15) is 0 Å². The lowest BCUT2D eigenvalue weighted by Gasteiger charge is -2.10. The minimum Gasteiger partial charge on any atom is -0.489 e. The summed E-state index contributed by atoms with van der Waals surface area (Å²) in [5.41, 5.74) is 3.67. The summed E-state index contributed by atoms with van der Waals surface area (Å²) in [6.07, 6.45) is 1.95. The third-order valence-electron chi connectivity index (χ3n) is 4.24. The zero-order chi connectivity index (χ0) is 21.2. The molecule has 1 N–H and O–H groups in total. The van der Waals surface area contributed by atoms with Crippen molar-refractivity contribution in [3.8, 4) is 23.3 Å². The van der Waals surface area contributed by atoms with Crippen LogP contribution < -0.4 is 9.47 Å². The lowest BCUT2D eigenvalue weighted by atomic mass is 10.1. The standard InChI is InChI=1S/C26H22O4/c1-20-18-24(14-15-25(20)30-19-26(27)28)29-17-16-23(22-10-6-3-7-11-22)13-12-21-8-4-2-5-9-21/h2-11,14-16,18H,17,19H2,1H3,(H,27,28). The van der Waals surface area contributed by atoms with Gasteiger partial charge in [-0.05, 0) is 54.5 Å². The van der Waals surface area contributed by atoms with E-state index >= 15 is 0 Å². The van der Waals surface area contributed by atoms with Gasteiger partial charge in [0.1, 0.15) is 18.1 Å². The molecular weight excluding hydrogens is 376 g/mol. The molecule has 4 heteroatoms. The van der Waals surface area contributed by atoms with Crippen molar-refractivity contribution in [2.45, 2.75) is 6.92 Å². The molecule has 0 fully saturated rings. The average molecular weight is 398 g/mol. The molecule has 0 spiro atoms. The van der Waals surface area contributed by atoms with E-state index in [-0.39, 0.29) is 6.61 Å². The Morgan fingerprint density at radius 3 is 2.33 bits per heavy atom. The second-order valence-corrected chi connectivity index (χ2v) is 6.52. The van der Waals surface area contributed by atoms with E-state index in [4.69, 9.17) is 14.6 Å². The third-order valence-corrected chi connectivity index (χ3v) is 4.24. The molecule has 0 unspecified atom stereocenters. The van der Waals surface area contributed by atoms with Crippen LogP contribution in [0.3, 0.4) is 0 Å². The number of benzene rings is 3. The van der Waals surface area contributed by atoms with Crippen LogP contribution in [-0.2, 0) is 4.79 Å². The largest absolute Gasteiger partial charge is 0.489 e. The molecule has 150 valence electrons. The summed E-state index contributed by atoms with van der Waals surface area (Å²) in [4.78, 5) is 10.6. The van der Waals surface area contributed by atoms with Crippen LogP contribution in [0.4, 0.5) is 0 Å². The highest BCUT2D eigenvalue weighted by molar-refractivity contribution is 5.79. The van der Waals surface area contributed by atoms with Gasteiger partial charge in [0.05, 0.1) is 0 Å². The van der Waals surface area contributed by atoms with E-state index in [0.29, 0.717) is 18.1 Å². The Morgan fingerprint density at radius 2 is 1.67 bits per heavy atom. The van der Waals surface area contributed by atoms with Gasteiger partial charge < -0.3 is 14.6 Å². The Morgan fingerprint density at radius 1 is 0.967 bits per heavy atom. The van der Waals surface area contributed by atoms with E-state index in [1.165, 1.54) is 0 Å². The molecule has 0 amide bonds. The number of allylic oxidation sites excluding steroid dienone is 1. The van der Waals surface area contributed by atoms with E-state index in [0.717, 1.165) is 22.3 Å². The molecule has 0 saturated heterocycles. The highest BCUT2D eigenvalue weighted by Gasteiger charge is 2.05. The van der Waals surface area contributed by atoms with Gasteiger partial charge >= 0.3 is 5.97 Å². The Kier molecular flexibility index (Phi) is 7.29. The molecule has 0 aliphatic heterocycles. The number of carboxylic acid groups (broad SMARTS) is 1. The first kappa shape index (κ1) is 20.8. The molecule has 0 bridgehead atoms. The van der Waals surface area contributed by atoms with Gasteiger partial charge in [-0.3, -0.25) is 0 Å². The van der Waals surface area contributed by atoms with Crippen LogP contribution in [0, 0.1) is 18.8 Å². The number of carboxylic acids is 1. The highest BCUT2D eigenvalue weighted by atomic mass is 16.5. The third kappa shape index (κ3) is 6.29. The van der Waals surface area contributed by atoms with E-state index in [9.17, 15) is 4.79 Å². The van der Waals surface area contributed by atoms with Crippen molar-refractivity contribution >= 4 is 11.5 Å². The number of hydrogen-bond donors (Lipinski definition) is 1. The van der Waals surface area contributed by atoms with Gasteiger partial charge in [0.15, 0.2) is 6.61 Å². The predicted molar refractivity (Wildman–Crippen MR) is 118 cm³/mol. The molecule has 4 nitrogen and oxygen atoms in total. The molecule has 0 aliphatic carbocycles. The summed E-state index contributed by atoms with van der Waals surface area (Å²) in [7, 11) is 0. The zero-order valence-electron chi connectivity index (χ0n) is 16.7. The molecule has 0 aromatic heterocycles. The minimum absolute atomic E-state index is 0.350. The molecule has 3 aromatic rings. The van der Waals surface area contributed by atoms with Crippen molar-refractivity contribution in [3.63, 3.8) is 0 Å². The normalized spacial score (nSPS) is 10.6. The quantitative estimate of drug-likeness (QED) is 0.571. The Bertz CT molecular complexity index is 1070. The van der Waals surface area contributed by atoms with Gasteiger partial charge in [-0.25, -0.2) is 4.79 Å². The Balaban J connectivity index is 1.73. The van der Waals surface area contributed by atoms with Crippen LogP contribution in [0.2, 0.25) is 0 Å². The summed E-state index contributed by atoms with van der Waals surface area (Å²) in [5, 5.41) is 8.73. The number of ether oxygens (including phenoxy) is 2. The summed E-state index contributed by atoms with van der Waals surface area (Å²) >= 11 is 0. The number of aryl methyl sites for hydroxylation is 1. The van der Waals surface area contributed by atoms with E-state index in [1.54, 1.807) is 12.1 Å². The minimum atomic E-state index is -1.01. The van der Waals surface area contributed by atoms with Crippen LogP contribution in [0.5, 0.6) is 11.5 Å². The molecule has 0 aliphatic rings. The Labute approximate surface area is 176 Å². The smallest absolute Gasteiger partial charge is 0.341 e. The first-order chi connectivity index (χ1) is 14.6. The van der Waals surface area contributed by atoms with Crippen molar-refractivity contribution in [1.29, 1.82) is 0 Å². The van der Waals surface area contributed by atoms with Crippen molar-refractivity contribution in [2.24, 2.45) is 0 Å². The maximum Gasteiger partial charge on any atom is 0.341 e. The molecule has 0 saturated carbocycles. The van der Waals surface area contributed by atoms with Crippen LogP contribution in [-0.4, -0.2) is 24.3 Å². The van der Waals surface area contributed by atoms with Crippen LogP contribution in [0.15, 0.2) is 84.9 Å². The van der Waals surface area contributed by atoms with E-state index in [2.05, 4.69) is 11.8 Å². The fraction of sp³-hybridized carbons (Fsp3) is 0.115. The summed E-state index contributed by atoms with van der Waals surface area (Å²) in [6, 6.07) is 25.1. The van der Waals surface area contributed by atoms with Crippen molar-refractivity contribution in [3.05, 3.63) is 102 Å². The number of carbonyl (C=O) groups is 1. The molecule has 3 aromatic carbocycles. The maximum absolute atomic E-state index is 10.6. The van der Waals surface area contributed by atoms with Gasteiger partial charge in [0.2, 0.25) is 0 Å². The van der Waals surface area contributed by atoms with Gasteiger partial charge in [0, 0.05) is 11.1 Å². The van der Waals surface area contributed by atoms with Crippen LogP contribution >= 0.6 is 0 Å². The summed E-state index contributed by atoms with van der Waals surface area (Å²) < 4.78 is 11.1. The molecule has 3 rings (SSSR count). The fourth-order valence-corrected chi connectivity index (χ4v) is 2.75. The van der Waals surface area contributed by atoms with Crippen LogP contribution in [0.25, 0.3) is 5.57 Å². The predicted octanol–water partition coefficient (Wildman–Crippen LogP) is 4.97. The lowest BCUT2D eigenvalue weighted by Crippen LogP contribution is -2.10. The zero-order valence-corrected chi connectivity index (χ0v) is 16.7. The average Bonchev–Trinajstić information content (AvgIpc) is 2.76. The number of rotatable bonds is 7. The second kappa shape index (κ2) is 10.5. The molecule has 0 atom stereocenters.